The number of aliphatic hydroxyl groups excluding tert-OH is 1. The summed E-state index contributed by atoms with van der Waals surface area (Å²) in [6.45, 7) is 2.93. The zero-order chi connectivity index (χ0) is 15.7. The minimum absolute atomic E-state index is 0.0498. The normalized spacial score (nSPS) is 25.5. The average molecular weight is 306 g/mol. The molecule has 1 saturated carbocycles. The molecule has 1 aliphatic heterocycles. The van der Waals surface area contributed by atoms with Crippen LogP contribution in [0.5, 0.6) is 0 Å². The zero-order valence-corrected chi connectivity index (χ0v) is 12.7. The van der Waals surface area contributed by atoms with E-state index >= 15 is 0 Å². The topological polar surface area (TPSA) is 91.6 Å². The van der Waals surface area contributed by atoms with Crippen LogP contribution < -0.4 is 16.3 Å². The molecule has 120 valence electrons. The fourth-order valence-electron chi connectivity index (χ4n) is 3.05. The molecule has 6 nitrogen and oxygen atoms in total. The molecule has 1 aromatic rings. The van der Waals surface area contributed by atoms with E-state index in [9.17, 15) is 14.7 Å². The Morgan fingerprint density at radius 3 is 2.77 bits per heavy atom. The smallest absolute Gasteiger partial charge is 0.349 e. The molecular formula is C16H22N2O4. The molecule has 0 spiro atoms. The molecule has 0 unspecified atom stereocenters. The first-order chi connectivity index (χ1) is 10.6. The first-order valence-electron chi connectivity index (χ1n) is 7.90. The van der Waals surface area contributed by atoms with Gasteiger partial charge in [0, 0.05) is 12.5 Å². The van der Waals surface area contributed by atoms with Crippen molar-refractivity contribution in [3.63, 3.8) is 0 Å². The van der Waals surface area contributed by atoms with Crippen LogP contribution in [0.3, 0.4) is 0 Å². The van der Waals surface area contributed by atoms with E-state index in [2.05, 4.69) is 10.6 Å². The summed E-state index contributed by atoms with van der Waals surface area (Å²) in [7, 11) is 0. The summed E-state index contributed by atoms with van der Waals surface area (Å²) in [4.78, 5) is 24.5. The monoisotopic (exact) mass is 306 g/mol. The first kappa shape index (κ1) is 15.2. The maximum Gasteiger partial charge on any atom is 0.349 e. The summed E-state index contributed by atoms with van der Waals surface area (Å²) in [6, 6.07) is 1.47. The lowest BCUT2D eigenvalue weighted by molar-refractivity contribution is 0.0761. The van der Waals surface area contributed by atoms with Gasteiger partial charge in [0.15, 0.2) is 0 Å². The first-order valence-corrected chi connectivity index (χ1v) is 7.90. The Morgan fingerprint density at radius 2 is 2.18 bits per heavy atom. The van der Waals surface area contributed by atoms with Crippen molar-refractivity contribution in [2.75, 3.05) is 13.1 Å². The van der Waals surface area contributed by atoms with Crippen LogP contribution in [-0.4, -0.2) is 36.2 Å². The second kappa shape index (κ2) is 6.22. The quantitative estimate of drug-likeness (QED) is 0.763. The van der Waals surface area contributed by atoms with E-state index in [4.69, 9.17) is 4.42 Å². The second-order valence-corrected chi connectivity index (χ2v) is 6.26. The second-order valence-electron chi connectivity index (χ2n) is 6.26. The van der Waals surface area contributed by atoms with Gasteiger partial charge >= 0.3 is 5.63 Å². The van der Waals surface area contributed by atoms with E-state index in [1.165, 1.54) is 0 Å². The molecule has 0 radical (unpaired) electrons. The molecule has 6 heteroatoms. The van der Waals surface area contributed by atoms with Crippen molar-refractivity contribution in [1.82, 2.24) is 10.6 Å². The summed E-state index contributed by atoms with van der Waals surface area (Å²) >= 11 is 0. The molecular weight excluding hydrogens is 284 g/mol. The zero-order valence-electron chi connectivity index (χ0n) is 12.7. The highest BCUT2D eigenvalue weighted by molar-refractivity contribution is 5.95. The summed E-state index contributed by atoms with van der Waals surface area (Å²) < 4.78 is 5.34. The molecule has 1 aliphatic carbocycles. The van der Waals surface area contributed by atoms with Gasteiger partial charge in [-0.25, -0.2) is 4.79 Å². The summed E-state index contributed by atoms with van der Waals surface area (Å²) in [5, 5.41) is 15.7. The number of nitrogens with one attached hydrogen (secondary N) is 2. The van der Waals surface area contributed by atoms with Crippen LogP contribution in [0.15, 0.2) is 15.3 Å². The molecule has 3 N–H and O–H groups in total. The summed E-state index contributed by atoms with van der Waals surface area (Å²) in [5.74, 6) is 0.541. The van der Waals surface area contributed by atoms with Crippen molar-refractivity contribution in [2.45, 2.75) is 50.7 Å². The van der Waals surface area contributed by atoms with Crippen molar-refractivity contribution in [3.8, 4) is 0 Å². The van der Waals surface area contributed by atoms with Gasteiger partial charge in [0.25, 0.3) is 5.91 Å². The minimum atomic E-state index is -0.640. The Kier molecular flexibility index (Phi) is 4.31. The van der Waals surface area contributed by atoms with Crippen molar-refractivity contribution in [3.05, 3.63) is 33.4 Å². The predicted octanol–water partition coefficient (Wildman–Crippen LogP) is 0.668. The number of carbonyl (C=O) groups excluding carboxylic acids is 1. The van der Waals surface area contributed by atoms with Crippen LogP contribution in [0.1, 0.15) is 53.3 Å². The van der Waals surface area contributed by atoms with Gasteiger partial charge in [-0.05, 0) is 44.4 Å². The van der Waals surface area contributed by atoms with E-state index in [-0.39, 0.29) is 11.6 Å². The van der Waals surface area contributed by atoms with E-state index in [0.29, 0.717) is 30.2 Å². The molecule has 2 atom stereocenters. The van der Waals surface area contributed by atoms with Crippen molar-refractivity contribution >= 4 is 5.91 Å². The molecule has 1 saturated heterocycles. The van der Waals surface area contributed by atoms with E-state index in [0.717, 1.165) is 25.8 Å². The fraction of sp³-hybridized carbons (Fsp3) is 0.625. The van der Waals surface area contributed by atoms with E-state index < -0.39 is 17.6 Å². The largest absolute Gasteiger partial charge is 0.427 e. The van der Waals surface area contributed by atoms with Crippen LogP contribution in [-0.2, 0) is 0 Å². The number of carbonyl (C=O) groups is 1. The minimum Gasteiger partial charge on any atom is -0.427 e. The number of aryl methyl sites for hydroxylation is 1. The highest BCUT2D eigenvalue weighted by atomic mass is 16.4. The van der Waals surface area contributed by atoms with Crippen LogP contribution >= 0.6 is 0 Å². The average Bonchev–Trinajstić information content (AvgIpc) is 2.38. The van der Waals surface area contributed by atoms with Gasteiger partial charge in [-0.1, -0.05) is 6.42 Å². The lowest BCUT2D eigenvalue weighted by atomic mass is 9.83. The molecule has 2 heterocycles. The third-order valence-electron chi connectivity index (χ3n) is 4.67. The summed E-state index contributed by atoms with van der Waals surface area (Å²) in [6.07, 6.45) is 3.23. The van der Waals surface area contributed by atoms with Crippen molar-refractivity contribution in [1.29, 1.82) is 0 Å². The fourth-order valence-corrected chi connectivity index (χ4v) is 3.05. The Hall–Kier alpha value is -1.66. The number of piperidine rings is 1. The van der Waals surface area contributed by atoms with Crippen molar-refractivity contribution in [2.24, 2.45) is 0 Å². The van der Waals surface area contributed by atoms with Crippen LogP contribution in [0.25, 0.3) is 0 Å². The van der Waals surface area contributed by atoms with Gasteiger partial charge in [0.1, 0.15) is 11.3 Å². The lowest BCUT2D eigenvalue weighted by Crippen LogP contribution is -2.53. The van der Waals surface area contributed by atoms with E-state index in [1.807, 2.05) is 0 Å². The molecule has 0 bridgehead atoms. The van der Waals surface area contributed by atoms with Gasteiger partial charge in [-0.15, -0.1) is 0 Å². The molecule has 22 heavy (non-hydrogen) atoms. The van der Waals surface area contributed by atoms with Gasteiger partial charge in [0.2, 0.25) is 0 Å². The number of hydrogen-bond acceptors (Lipinski definition) is 5. The number of β-amino-alcohol motifs (C(OH)–C–C–N with tert-alkyl or cyclic N) is 1. The van der Waals surface area contributed by atoms with Crippen LogP contribution in [0, 0.1) is 6.92 Å². The van der Waals surface area contributed by atoms with Gasteiger partial charge in [0.05, 0.1) is 12.1 Å². The Morgan fingerprint density at radius 1 is 1.41 bits per heavy atom. The Balaban J connectivity index is 1.78. The van der Waals surface area contributed by atoms with Gasteiger partial charge < -0.3 is 20.2 Å². The molecule has 2 aliphatic rings. The number of aliphatic hydroxyl groups is 1. The number of rotatable bonds is 3. The Bertz CT molecular complexity index is 621. The standard InChI is InChI=1S/C16H22N2O4/c1-9-7-13(10-3-2-4-10)22-16(21)14(9)15(20)18-11-5-6-17-8-12(11)19/h7,10-12,17,19H,2-6,8H2,1H3,(H,18,20)/t11-,12-/m1/s1. The Labute approximate surface area is 128 Å². The van der Waals surface area contributed by atoms with Gasteiger partial charge in [-0.2, -0.15) is 0 Å². The van der Waals surface area contributed by atoms with Gasteiger partial charge in [-0.3, -0.25) is 4.79 Å². The van der Waals surface area contributed by atoms with Crippen LogP contribution in [0.4, 0.5) is 0 Å². The maximum absolute atomic E-state index is 12.4. The SMILES string of the molecule is Cc1cc(C2CCC2)oc(=O)c1C(=O)N[C@@H]1CCNC[C@H]1O. The van der Waals surface area contributed by atoms with Crippen LogP contribution in [0.2, 0.25) is 0 Å². The third-order valence-corrected chi connectivity index (χ3v) is 4.67. The number of amides is 1. The molecule has 1 amide bonds. The van der Waals surface area contributed by atoms with Crippen molar-refractivity contribution < 1.29 is 14.3 Å². The predicted molar refractivity (Wildman–Crippen MR) is 81.1 cm³/mol. The molecule has 1 aromatic heterocycles. The molecule has 2 fully saturated rings. The highest BCUT2D eigenvalue weighted by Gasteiger charge is 2.28. The number of hydrogen-bond donors (Lipinski definition) is 3. The molecule has 0 aromatic carbocycles. The lowest BCUT2D eigenvalue weighted by Gasteiger charge is -2.29. The maximum atomic E-state index is 12.4. The summed E-state index contributed by atoms with van der Waals surface area (Å²) in [5.41, 5.74) is 0.107. The molecule has 3 rings (SSSR count). The third kappa shape index (κ3) is 2.94. The highest BCUT2D eigenvalue weighted by Crippen LogP contribution is 2.36. The van der Waals surface area contributed by atoms with E-state index in [1.54, 1.807) is 13.0 Å².